The molecule has 6 unspecified atom stereocenters. The molecule has 12 nitrogen and oxygen atoms in total. The van der Waals surface area contributed by atoms with Gasteiger partial charge in [0, 0.05) is 28.8 Å². The minimum absolute atomic E-state index is 0.0357. The van der Waals surface area contributed by atoms with Gasteiger partial charge in [-0.1, -0.05) is 25.3 Å². The summed E-state index contributed by atoms with van der Waals surface area (Å²) in [6.07, 6.45) is 3.25. The van der Waals surface area contributed by atoms with Crippen molar-refractivity contribution in [3.8, 4) is 17.2 Å². The fourth-order valence-corrected chi connectivity index (χ4v) is 6.99. The normalized spacial score (nSPS) is 28.9. The molecule has 2 fully saturated rings. The molecule has 2 aliphatic carbocycles. The summed E-state index contributed by atoms with van der Waals surface area (Å²) in [7, 11) is 1.37. The Morgan fingerprint density at radius 2 is 1.71 bits per heavy atom. The van der Waals surface area contributed by atoms with Crippen LogP contribution < -0.4 is 20.5 Å². The van der Waals surface area contributed by atoms with Crippen LogP contribution in [0.15, 0.2) is 48.2 Å². The summed E-state index contributed by atoms with van der Waals surface area (Å²) in [5.74, 6) is -1.60. The Kier molecular flexibility index (Phi) is 8.46. The van der Waals surface area contributed by atoms with Crippen LogP contribution in [0.2, 0.25) is 0 Å². The molecule has 2 heterocycles. The fraction of sp³-hybridized carbons (Fsp3) is 0.455. The molecule has 0 amide bonds. The van der Waals surface area contributed by atoms with Gasteiger partial charge in [-0.15, -0.1) is 0 Å². The van der Waals surface area contributed by atoms with E-state index in [0.717, 1.165) is 37.7 Å². The predicted molar refractivity (Wildman–Crippen MR) is 160 cm³/mol. The van der Waals surface area contributed by atoms with E-state index in [1.54, 1.807) is 6.07 Å². The molecule has 2 aromatic carbocycles. The second-order valence-electron chi connectivity index (χ2n) is 12.2. The van der Waals surface area contributed by atoms with Crippen LogP contribution in [-0.2, 0) is 11.2 Å². The minimum Gasteiger partial charge on any atom is -0.507 e. The van der Waals surface area contributed by atoms with Crippen molar-refractivity contribution in [1.29, 1.82) is 0 Å². The molecule has 4 aliphatic rings. The molecule has 8 N–H and O–H groups in total. The molecular formula is C33H38N2O10. The maximum absolute atomic E-state index is 14.0. The SMILES string of the molecule is COc1cc(OC2OC(CO)C(O)C(O)C2O)c2c(c1)C(=O)c1cc(CC3(C4=CNC(N)C=C4)CCCCC3)cc(O)c1C2=O. The maximum Gasteiger partial charge on any atom is 0.229 e. The Bertz CT molecular complexity index is 1560. The van der Waals surface area contributed by atoms with Crippen molar-refractivity contribution in [3.05, 3.63) is 76.0 Å². The number of allylic oxidation sites excluding steroid dienone is 2. The number of methoxy groups -OCH3 is 1. The number of rotatable bonds is 7. The minimum atomic E-state index is -1.76. The number of aromatic hydroxyl groups is 1. The van der Waals surface area contributed by atoms with E-state index in [1.165, 1.54) is 25.3 Å². The molecule has 0 bridgehead atoms. The van der Waals surface area contributed by atoms with Crippen molar-refractivity contribution >= 4 is 11.6 Å². The molecule has 0 aromatic heterocycles. The number of benzene rings is 2. The Balaban J connectivity index is 1.37. The highest BCUT2D eigenvalue weighted by atomic mass is 16.7. The van der Waals surface area contributed by atoms with Gasteiger partial charge in [-0.25, -0.2) is 0 Å². The van der Waals surface area contributed by atoms with Crippen molar-refractivity contribution in [1.82, 2.24) is 5.32 Å². The summed E-state index contributed by atoms with van der Waals surface area (Å²) in [4.78, 5) is 28.0. The number of carbonyl (C=O) groups excluding carboxylic acids is 2. The van der Waals surface area contributed by atoms with Crippen molar-refractivity contribution < 1.29 is 49.3 Å². The van der Waals surface area contributed by atoms with Gasteiger partial charge < -0.3 is 50.8 Å². The Labute approximate surface area is 259 Å². The van der Waals surface area contributed by atoms with Gasteiger partial charge in [0.25, 0.3) is 0 Å². The van der Waals surface area contributed by atoms with E-state index in [2.05, 4.69) is 5.32 Å². The molecule has 2 aliphatic heterocycles. The predicted octanol–water partition coefficient (Wildman–Crippen LogP) is 1.18. The molecule has 6 atom stereocenters. The van der Waals surface area contributed by atoms with Crippen molar-refractivity contribution in [2.75, 3.05) is 13.7 Å². The van der Waals surface area contributed by atoms with Crippen molar-refractivity contribution in [2.45, 2.75) is 75.4 Å². The lowest BCUT2D eigenvalue weighted by molar-refractivity contribution is -0.277. The van der Waals surface area contributed by atoms with Crippen LogP contribution in [0.3, 0.4) is 0 Å². The summed E-state index contributed by atoms with van der Waals surface area (Å²) >= 11 is 0. The van der Waals surface area contributed by atoms with Crippen molar-refractivity contribution in [2.24, 2.45) is 11.1 Å². The second-order valence-corrected chi connectivity index (χ2v) is 12.2. The average Bonchev–Trinajstić information content (AvgIpc) is 3.04. The number of aliphatic hydroxyl groups is 4. The molecule has 12 heteroatoms. The average molecular weight is 623 g/mol. The lowest BCUT2D eigenvalue weighted by Gasteiger charge is -2.40. The quantitative estimate of drug-likeness (QED) is 0.199. The maximum atomic E-state index is 14.0. The topological polar surface area (TPSA) is 201 Å². The zero-order valence-electron chi connectivity index (χ0n) is 24.8. The third kappa shape index (κ3) is 5.51. The number of nitrogens with one attached hydrogen (secondary N) is 1. The van der Waals surface area contributed by atoms with Crippen LogP contribution in [0, 0.1) is 5.41 Å². The third-order valence-corrected chi connectivity index (χ3v) is 9.40. The first-order valence-corrected chi connectivity index (χ1v) is 15.1. The molecule has 1 saturated carbocycles. The highest BCUT2D eigenvalue weighted by Gasteiger charge is 2.46. The molecule has 1 saturated heterocycles. The number of hydrogen-bond acceptors (Lipinski definition) is 12. The number of fused-ring (bicyclic) bond motifs is 2. The molecule has 240 valence electrons. The summed E-state index contributed by atoms with van der Waals surface area (Å²) in [5, 5.41) is 54.9. The molecular weight excluding hydrogens is 584 g/mol. The highest BCUT2D eigenvalue weighted by molar-refractivity contribution is 6.30. The number of phenolic OH excluding ortho intramolecular Hbond substituents is 1. The number of ketones is 2. The zero-order valence-corrected chi connectivity index (χ0v) is 24.8. The van der Waals surface area contributed by atoms with Crippen LogP contribution in [0.1, 0.15) is 69.5 Å². The van der Waals surface area contributed by atoms with E-state index >= 15 is 0 Å². The number of carbonyl (C=O) groups is 2. The highest BCUT2D eigenvalue weighted by Crippen LogP contribution is 2.47. The van der Waals surface area contributed by atoms with Crippen LogP contribution >= 0.6 is 0 Å². The summed E-state index contributed by atoms with van der Waals surface area (Å²) in [6, 6.07) is 5.91. The van der Waals surface area contributed by atoms with Gasteiger partial charge in [-0.05, 0) is 54.7 Å². The van der Waals surface area contributed by atoms with E-state index < -0.39 is 48.9 Å². The zero-order chi connectivity index (χ0) is 32.0. The van der Waals surface area contributed by atoms with Gasteiger partial charge in [-0.3, -0.25) is 9.59 Å². The largest absolute Gasteiger partial charge is 0.507 e. The lowest BCUT2D eigenvalue weighted by atomic mass is 9.65. The lowest BCUT2D eigenvalue weighted by Crippen LogP contribution is -2.60. The molecule has 45 heavy (non-hydrogen) atoms. The van der Waals surface area contributed by atoms with E-state index in [-0.39, 0.29) is 51.1 Å². The van der Waals surface area contributed by atoms with Gasteiger partial charge in [0.2, 0.25) is 12.1 Å². The smallest absolute Gasteiger partial charge is 0.229 e. The molecule has 6 rings (SSSR count). The third-order valence-electron chi connectivity index (χ3n) is 9.40. The van der Waals surface area contributed by atoms with Gasteiger partial charge in [0.1, 0.15) is 41.7 Å². The number of dihydropyridines is 1. The number of aliphatic hydroxyl groups excluding tert-OH is 4. The first-order valence-electron chi connectivity index (χ1n) is 15.1. The van der Waals surface area contributed by atoms with Crippen molar-refractivity contribution in [3.63, 3.8) is 0 Å². The standard InChI is InChI=1S/C33H38N2O10/c1-43-18-11-20-26(22(12-18)44-32-31(42)30(41)28(39)23(15-36)45-32)29(40)25-19(27(20)38)9-16(10-21(25)37)13-33(7-3-2-4-8-33)17-5-6-24(34)35-14-17/h5-6,9-12,14,23-24,28,30-32,35-37,39,41-42H,2-4,7-8,13,15,34H2,1H3. The van der Waals surface area contributed by atoms with E-state index in [0.29, 0.717) is 12.0 Å². The number of phenols is 1. The summed E-state index contributed by atoms with van der Waals surface area (Å²) < 4.78 is 16.7. The number of ether oxygens (including phenoxy) is 3. The first-order chi connectivity index (χ1) is 21.6. The fourth-order valence-electron chi connectivity index (χ4n) is 6.99. The Morgan fingerprint density at radius 3 is 2.38 bits per heavy atom. The van der Waals surface area contributed by atoms with Gasteiger partial charge >= 0.3 is 0 Å². The van der Waals surface area contributed by atoms with E-state index in [4.69, 9.17) is 19.9 Å². The number of hydrogen-bond donors (Lipinski definition) is 7. The molecule has 0 radical (unpaired) electrons. The van der Waals surface area contributed by atoms with Crippen LogP contribution in [0.5, 0.6) is 17.2 Å². The first kappa shape index (κ1) is 31.2. The van der Waals surface area contributed by atoms with Crippen LogP contribution in [0.4, 0.5) is 0 Å². The second kappa shape index (κ2) is 12.2. The Hall–Kier alpha value is -3.78. The summed E-state index contributed by atoms with van der Waals surface area (Å²) in [5.41, 5.74) is 7.22. The molecule has 0 spiro atoms. The van der Waals surface area contributed by atoms with E-state index in [1.807, 2.05) is 18.4 Å². The van der Waals surface area contributed by atoms with Crippen LogP contribution in [-0.4, -0.2) is 87.7 Å². The van der Waals surface area contributed by atoms with Gasteiger partial charge in [0.05, 0.1) is 31.0 Å². The molecule has 2 aromatic rings. The summed E-state index contributed by atoms with van der Waals surface area (Å²) in [6.45, 7) is -0.680. The van der Waals surface area contributed by atoms with Gasteiger partial charge in [0.15, 0.2) is 5.78 Å². The van der Waals surface area contributed by atoms with E-state index in [9.17, 15) is 35.1 Å². The number of nitrogens with two attached hydrogens (primary N) is 1. The Morgan fingerprint density at radius 1 is 0.978 bits per heavy atom. The monoisotopic (exact) mass is 622 g/mol. The van der Waals surface area contributed by atoms with Gasteiger partial charge in [-0.2, -0.15) is 0 Å². The van der Waals surface area contributed by atoms with Crippen LogP contribution in [0.25, 0.3) is 0 Å².